The van der Waals surface area contributed by atoms with Gasteiger partial charge in [-0.3, -0.25) is 4.98 Å². The summed E-state index contributed by atoms with van der Waals surface area (Å²) in [7, 11) is 3.31. The average Bonchev–Trinajstić information content (AvgIpc) is 2.45. The van der Waals surface area contributed by atoms with Gasteiger partial charge in [0.15, 0.2) is 0 Å². The standard InChI is InChI=1S/C15H17BrN2O2/c1-10-6-13(20-3)7-11(18-10)9-17-15-8-12(19-2)4-5-14(15)16/h4-8,17H,9H2,1-3H3. The van der Waals surface area contributed by atoms with Crippen LogP contribution < -0.4 is 14.8 Å². The molecule has 0 fully saturated rings. The lowest BCUT2D eigenvalue weighted by molar-refractivity contribution is 0.413. The number of methoxy groups -OCH3 is 2. The maximum atomic E-state index is 5.25. The molecule has 1 aromatic heterocycles. The average molecular weight is 337 g/mol. The van der Waals surface area contributed by atoms with Crippen molar-refractivity contribution in [2.24, 2.45) is 0 Å². The summed E-state index contributed by atoms with van der Waals surface area (Å²) in [5, 5.41) is 3.34. The van der Waals surface area contributed by atoms with Crippen molar-refractivity contribution in [3.05, 3.63) is 46.2 Å². The molecule has 2 rings (SSSR count). The van der Waals surface area contributed by atoms with Crippen molar-refractivity contribution in [1.82, 2.24) is 4.98 Å². The molecule has 0 unspecified atom stereocenters. The maximum absolute atomic E-state index is 5.25. The Morgan fingerprint density at radius 2 is 1.85 bits per heavy atom. The molecule has 1 aromatic carbocycles. The number of pyridine rings is 1. The fraction of sp³-hybridized carbons (Fsp3) is 0.267. The van der Waals surface area contributed by atoms with Crippen molar-refractivity contribution < 1.29 is 9.47 Å². The third-order valence-electron chi connectivity index (χ3n) is 2.85. The van der Waals surface area contributed by atoms with Crippen molar-refractivity contribution in [2.75, 3.05) is 19.5 Å². The van der Waals surface area contributed by atoms with Crippen molar-refractivity contribution >= 4 is 21.6 Å². The van der Waals surface area contributed by atoms with E-state index in [0.29, 0.717) is 6.54 Å². The van der Waals surface area contributed by atoms with Gasteiger partial charge >= 0.3 is 0 Å². The minimum Gasteiger partial charge on any atom is -0.497 e. The highest BCUT2D eigenvalue weighted by Gasteiger charge is 2.04. The molecule has 0 aliphatic carbocycles. The molecule has 0 radical (unpaired) electrons. The molecule has 2 aromatic rings. The van der Waals surface area contributed by atoms with E-state index in [0.717, 1.165) is 33.0 Å². The highest BCUT2D eigenvalue weighted by atomic mass is 79.9. The summed E-state index contributed by atoms with van der Waals surface area (Å²) in [5.41, 5.74) is 2.83. The minimum absolute atomic E-state index is 0.615. The van der Waals surface area contributed by atoms with E-state index < -0.39 is 0 Å². The third-order valence-corrected chi connectivity index (χ3v) is 3.54. The van der Waals surface area contributed by atoms with Gasteiger partial charge in [-0.25, -0.2) is 0 Å². The molecule has 20 heavy (non-hydrogen) atoms. The van der Waals surface area contributed by atoms with E-state index >= 15 is 0 Å². The highest BCUT2D eigenvalue weighted by molar-refractivity contribution is 9.10. The van der Waals surface area contributed by atoms with Crippen LogP contribution >= 0.6 is 15.9 Å². The molecule has 1 N–H and O–H groups in total. The van der Waals surface area contributed by atoms with Crippen LogP contribution in [0.3, 0.4) is 0 Å². The molecule has 106 valence electrons. The van der Waals surface area contributed by atoms with Crippen LogP contribution in [-0.4, -0.2) is 19.2 Å². The predicted octanol–water partition coefficient (Wildman–Crippen LogP) is 3.78. The number of nitrogens with zero attached hydrogens (tertiary/aromatic N) is 1. The molecule has 5 heteroatoms. The first-order valence-electron chi connectivity index (χ1n) is 6.21. The van der Waals surface area contributed by atoms with Gasteiger partial charge < -0.3 is 14.8 Å². The second-order valence-corrected chi connectivity index (χ2v) is 5.19. The van der Waals surface area contributed by atoms with Crippen LogP contribution in [0.15, 0.2) is 34.8 Å². The molecular formula is C15H17BrN2O2. The number of ether oxygens (including phenoxy) is 2. The molecular weight excluding hydrogens is 320 g/mol. The van der Waals surface area contributed by atoms with Crippen LogP contribution in [0.2, 0.25) is 0 Å². The molecule has 0 saturated heterocycles. The number of nitrogens with one attached hydrogen (secondary N) is 1. The van der Waals surface area contributed by atoms with Gasteiger partial charge in [-0.15, -0.1) is 0 Å². The van der Waals surface area contributed by atoms with Crippen LogP contribution in [0.4, 0.5) is 5.69 Å². The van der Waals surface area contributed by atoms with Gasteiger partial charge in [-0.1, -0.05) is 0 Å². The minimum atomic E-state index is 0.615. The summed E-state index contributed by atoms with van der Waals surface area (Å²) in [4.78, 5) is 4.48. The normalized spacial score (nSPS) is 10.2. The van der Waals surface area contributed by atoms with Crippen molar-refractivity contribution in [1.29, 1.82) is 0 Å². The zero-order chi connectivity index (χ0) is 14.5. The Bertz CT molecular complexity index is 602. The number of hydrogen-bond donors (Lipinski definition) is 1. The molecule has 4 nitrogen and oxygen atoms in total. The van der Waals surface area contributed by atoms with Crippen LogP contribution in [0.25, 0.3) is 0 Å². The van der Waals surface area contributed by atoms with Gasteiger partial charge in [0.25, 0.3) is 0 Å². The molecule has 0 aliphatic rings. The summed E-state index contributed by atoms with van der Waals surface area (Å²) in [6.07, 6.45) is 0. The van der Waals surface area contributed by atoms with Crippen LogP contribution in [0.5, 0.6) is 11.5 Å². The number of halogens is 1. The monoisotopic (exact) mass is 336 g/mol. The molecule has 0 saturated carbocycles. The molecule has 0 spiro atoms. The van der Waals surface area contributed by atoms with Crippen LogP contribution in [0, 0.1) is 6.92 Å². The van der Waals surface area contributed by atoms with E-state index in [-0.39, 0.29) is 0 Å². The SMILES string of the molecule is COc1cc(C)nc(CNc2cc(OC)ccc2Br)c1. The van der Waals surface area contributed by atoms with Crippen molar-refractivity contribution in [2.45, 2.75) is 13.5 Å². The number of hydrogen-bond acceptors (Lipinski definition) is 4. The summed E-state index contributed by atoms with van der Waals surface area (Å²) in [5.74, 6) is 1.63. The number of anilines is 1. The van der Waals surface area contributed by atoms with E-state index in [2.05, 4.69) is 26.2 Å². The van der Waals surface area contributed by atoms with E-state index in [1.54, 1.807) is 14.2 Å². The Kier molecular flexibility index (Phi) is 4.84. The van der Waals surface area contributed by atoms with Crippen LogP contribution in [0.1, 0.15) is 11.4 Å². The Balaban J connectivity index is 2.14. The smallest absolute Gasteiger partial charge is 0.122 e. The highest BCUT2D eigenvalue weighted by Crippen LogP contribution is 2.27. The van der Waals surface area contributed by atoms with E-state index in [1.165, 1.54) is 0 Å². The first-order valence-corrected chi connectivity index (χ1v) is 7.00. The van der Waals surface area contributed by atoms with Crippen LogP contribution in [-0.2, 0) is 6.54 Å². The summed E-state index contributed by atoms with van der Waals surface area (Å²) in [6.45, 7) is 2.57. The second-order valence-electron chi connectivity index (χ2n) is 4.34. The number of aromatic nitrogens is 1. The zero-order valence-electron chi connectivity index (χ0n) is 11.7. The first kappa shape index (κ1) is 14.7. The Labute approximate surface area is 127 Å². The Morgan fingerprint density at radius 3 is 2.55 bits per heavy atom. The summed E-state index contributed by atoms with van der Waals surface area (Å²) in [6, 6.07) is 9.63. The fourth-order valence-corrected chi connectivity index (χ4v) is 2.25. The quantitative estimate of drug-likeness (QED) is 0.902. The van der Waals surface area contributed by atoms with Gasteiger partial charge in [0.2, 0.25) is 0 Å². The lowest BCUT2D eigenvalue weighted by Crippen LogP contribution is -2.04. The lowest BCUT2D eigenvalue weighted by Gasteiger charge is -2.11. The fourth-order valence-electron chi connectivity index (χ4n) is 1.86. The zero-order valence-corrected chi connectivity index (χ0v) is 13.3. The van der Waals surface area contributed by atoms with Crippen molar-refractivity contribution in [3.8, 4) is 11.5 Å². The topological polar surface area (TPSA) is 43.4 Å². The number of aryl methyl sites for hydroxylation is 1. The first-order chi connectivity index (χ1) is 9.62. The van der Waals surface area contributed by atoms with Gasteiger partial charge in [-0.05, 0) is 35.0 Å². The number of rotatable bonds is 5. The van der Waals surface area contributed by atoms with Gasteiger partial charge in [0.1, 0.15) is 11.5 Å². The van der Waals surface area contributed by atoms with Gasteiger partial charge in [0.05, 0.1) is 32.1 Å². The summed E-state index contributed by atoms with van der Waals surface area (Å²) < 4.78 is 11.5. The van der Waals surface area contributed by atoms with E-state index in [9.17, 15) is 0 Å². The summed E-state index contributed by atoms with van der Waals surface area (Å²) >= 11 is 3.51. The molecule has 0 atom stereocenters. The number of benzene rings is 1. The third kappa shape index (κ3) is 3.63. The van der Waals surface area contributed by atoms with Gasteiger partial charge in [-0.2, -0.15) is 0 Å². The Hall–Kier alpha value is -1.75. The van der Waals surface area contributed by atoms with E-state index in [4.69, 9.17) is 9.47 Å². The largest absolute Gasteiger partial charge is 0.497 e. The second kappa shape index (κ2) is 6.61. The lowest BCUT2D eigenvalue weighted by atomic mass is 10.2. The van der Waals surface area contributed by atoms with Gasteiger partial charge in [0, 0.05) is 28.4 Å². The van der Waals surface area contributed by atoms with E-state index in [1.807, 2.05) is 37.3 Å². The predicted molar refractivity (Wildman–Crippen MR) is 83.5 cm³/mol. The van der Waals surface area contributed by atoms with Crippen molar-refractivity contribution in [3.63, 3.8) is 0 Å². The molecule has 0 bridgehead atoms. The maximum Gasteiger partial charge on any atom is 0.122 e. The Morgan fingerprint density at radius 1 is 1.10 bits per heavy atom. The molecule has 1 heterocycles. The molecule has 0 aliphatic heterocycles. The molecule has 0 amide bonds.